The Balaban J connectivity index is 1.45. The third kappa shape index (κ3) is 9.71. The molecule has 1 saturated carbocycles. The number of ketones is 1. The highest BCUT2D eigenvalue weighted by Crippen LogP contribution is 2.33. The van der Waals surface area contributed by atoms with Crippen LogP contribution in [0.5, 0.6) is 0 Å². The van der Waals surface area contributed by atoms with Crippen LogP contribution in [0, 0.1) is 5.92 Å². The van der Waals surface area contributed by atoms with Gasteiger partial charge in [0.2, 0.25) is 17.6 Å². The fourth-order valence-electron chi connectivity index (χ4n) is 7.41. The van der Waals surface area contributed by atoms with Crippen LogP contribution in [-0.2, 0) is 24.8 Å². The lowest BCUT2D eigenvalue weighted by atomic mass is 9.84. The molecule has 0 aromatic carbocycles. The molecular formula is C36H48N10O8. The van der Waals surface area contributed by atoms with Crippen molar-refractivity contribution >= 4 is 46.5 Å². The van der Waals surface area contributed by atoms with Crippen molar-refractivity contribution in [3.63, 3.8) is 0 Å². The molecule has 4 atom stereocenters. The number of carbonyl (C=O) groups excluding carboxylic acids is 5. The highest BCUT2D eigenvalue weighted by molar-refractivity contribution is 6.37. The highest BCUT2D eigenvalue weighted by atomic mass is 16.4. The van der Waals surface area contributed by atoms with Crippen molar-refractivity contribution < 1.29 is 39.0 Å². The number of fused-ring (bicyclic) bond motifs is 1. The summed E-state index contributed by atoms with van der Waals surface area (Å²) < 4.78 is 1.47. The van der Waals surface area contributed by atoms with E-state index in [2.05, 4.69) is 36.2 Å². The van der Waals surface area contributed by atoms with Gasteiger partial charge < -0.3 is 36.8 Å². The zero-order valence-electron chi connectivity index (χ0n) is 30.4. The van der Waals surface area contributed by atoms with E-state index in [0.29, 0.717) is 29.6 Å². The van der Waals surface area contributed by atoms with Gasteiger partial charge in [0.15, 0.2) is 5.65 Å². The number of rotatable bonds is 16. The summed E-state index contributed by atoms with van der Waals surface area (Å²) in [5.74, 6) is -3.91. The van der Waals surface area contributed by atoms with Crippen LogP contribution in [0.4, 0.5) is 4.79 Å². The molecule has 4 heterocycles. The van der Waals surface area contributed by atoms with Crippen molar-refractivity contribution in [2.45, 2.75) is 108 Å². The summed E-state index contributed by atoms with van der Waals surface area (Å²) in [5.41, 5.74) is 4.96. The minimum atomic E-state index is -1.37. The van der Waals surface area contributed by atoms with Gasteiger partial charge in [0.1, 0.15) is 17.7 Å². The number of hydrogen-bond donors (Lipinski definition) is 6. The van der Waals surface area contributed by atoms with Gasteiger partial charge in [-0.25, -0.2) is 19.4 Å². The van der Waals surface area contributed by atoms with Crippen LogP contribution in [-0.4, -0.2) is 107 Å². The fraction of sp³-hybridized carbons (Fsp3) is 0.556. The van der Waals surface area contributed by atoms with E-state index in [1.165, 1.54) is 22.0 Å². The first-order valence-electron chi connectivity index (χ1n) is 18.3. The highest BCUT2D eigenvalue weighted by Gasteiger charge is 2.45. The summed E-state index contributed by atoms with van der Waals surface area (Å²) in [6.07, 6.45) is 8.95. The number of aromatic nitrogens is 5. The molecule has 5 rings (SSSR count). The number of nitrogens with one attached hydrogen (secondary N) is 3. The summed E-state index contributed by atoms with van der Waals surface area (Å²) in [4.78, 5) is 88.5. The van der Waals surface area contributed by atoms with Crippen LogP contribution in [0.3, 0.4) is 0 Å². The lowest BCUT2D eigenvalue weighted by Crippen LogP contribution is -2.56. The molecule has 2 aliphatic rings. The number of unbranched alkanes of at least 4 members (excludes halogenated alkanes) is 1. The number of hydrogen-bond acceptors (Lipinski definition) is 11. The maximum Gasteiger partial charge on any atom is 0.404 e. The van der Waals surface area contributed by atoms with E-state index in [1.54, 1.807) is 38.2 Å². The molecule has 2 fully saturated rings. The van der Waals surface area contributed by atoms with E-state index in [-0.39, 0.29) is 43.8 Å². The number of nitrogens with two attached hydrogens (primary N) is 1. The molecule has 54 heavy (non-hydrogen) atoms. The Labute approximate surface area is 311 Å². The van der Waals surface area contributed by atoms with E-state index in [9.17, 15) is 33.9 Å². The fourth-order valence-corrected chi connectivity index (χ4v) is 7.41. The molecule has 1 unspecified atom stereocenters. The van der Waals surface area contributed by atoms with Crippen LogP contribution in [0.25, 0.3) is 11.0 Å². The van der Waals surface area contributed by atoms with Gasteiger partial charge in [-0.3, -0.25) is 24.0 Å². The number of primary amides is 1. The third-order valence-electron chi connectivity index (χ3n) is 10.1. The third-order valence-corrected chi connectivity index (χ3v) is 10.1. The van der Waals surface area contributed by atoms with Gasteiger partial charge in [-0.1, -0.05) is 37.3 Å². The van der Waals surface area contributed by atoms with Crippen molar-refractivity contribution in [1.29, 1.82) is 0 Å². The van der Waals surface area contributed by atoms with E-state index < -0.39 is 65.3 Å². The van der Waals surface area contributed by atoms with Gasteiger partial charge >= 0.3 is 6.09 Å². The second-order valence-corrected chi connectivity index (χ2v) is 14.5. The first-order chi connectivity index (χ1) is 25.7. The van der Waals surface area contributed by atoms with Crippen LogP contribution in [0.1, 0.15) is 100 Å². The van der Waals surface area contributed by atoms with Crippen LogP contribution in [0.2, 0.25) is 0 Å². The maximum atomic E-state index is 14.8. The van der Waals surface area contributed by atoms with Crippen molar-refractivity contribution in [2.75, 3.05) is 13.1 Å². The molecule has 290 valence electrons. The topological polar surface area (TPSA) is 265 Å². The number of aliphatic hydroxyl groups is 1. The Kier molecular flexibility index (Phi) is 12.9. The summed E-state index contributed by atoms with van der Waals surface area (Å²) in [6.45, 7) is 3.17. The first-order valence-corrected chi connectivity index (χ1v) is 18.3. The predicted octanol–water partition coefficient (Wildman–Crippen LogP) is 1.34. The van der Waals surface area contributed by atoms with Gasteiger partial charge in [-0.05, 0) is 63.6 Å². The Morgan fingerprint density at radius 2 is 1.74 bits per heavy atom. The van der Waals surface area contributed by atoms with Crippen LogP contribution in [0.15, 0.2) is 36.8 Å². The number of likely N-dealkylation sites (tertiary alicyclic amines) is 1. The molecule has 1 saturated heterocycles. The molecule has 18 nitrogen and oxygen atoms in total. The van der Waals surface area contributed by atoms with Crippen molar-refractivity contribution in [3.8, 4) is 0 Å². The van der Waals surface area contributed by atoms with Gasteiger partial charge in [0.25, 0.3) is 11.8 Å². The monoisotopic (exact) mass is 748 g/mol. The smallest absolute Gasteiger partial charge is 0.404 e. The molecule has 5 amide bonds. The Morgan fingerprint density at radius 1 is 1.00 bits per heavy atom. The number of amides is 5. The normalized spacial score (nSPS) is 18.8. The number of Topliss-reactive ketones (excluding diaryl/α,β-unsaturated/α-hetero) is 1. The molecule has 18 heteroatoms. The van der Waals surface area contributed by atoms with Gasteiger partial charge in [0, 0.05) is 37.3 Å². The van der Waals surface area contributed by atoms with E-state index >= 15 is 0 Å². The largest absolute Gasteiger partial charge is 0.465 e. The predicted molar refractivity (Wildman–Crippen MR) is 192 cm³/mol. The Morgan fingerprint density at radius 3 is 2.44 bits per heavy atom. The minimum Gasteiger partial charge on any atom is -0.465 e. The molecular weight excluding hydrogens is 700 g/mol. The molecule has 1 aliphatic carbocycles. The van der Waals surface area contributed by atoms with Gasteiger partial charge in [0.05, 0.1) is 29.5 Å². The van der Waals surface area contributed by atoms with Crippen LogP contribution < -0.4 is 21.7 Å². The van der Waals surface area contributed by atoms with Gasteiger partial charge in [-0.2, -0.15) is 0 Å². The molecule has 3 aromatic rings. The van der Waals surface area contributed by atoms with Crippen molar-refractivity contribution in [2.24, 2.45) is 11.7 Å². The van der Waals surface area contributed by atoms with Gasteiger partial charge in [-0.15, -0.1) is 5.10 Å². The summed E-state index contributed by atoms with van der Waals surface area (Å²) in [7, 11) is 0. The molecule has 0 radical (unpaired) electrons. The lowest BCUT2D eigenvalue weighted by Gasteiger charge is -2.32. The second-order valence-electron chi connectivity index (χ2n) is 14.5. The number of carbonyl (C=O) groups is 6. The first kappa shape index (κ1) is 39.7. The minimum absolute atomic E-state index is 0.00871. The molecule has 3 aromatic heterocycles. The summed E-state index contributed by atoms with van der Waals surface area (Å²) in [5, 5.41) is 36.2. The Bertz CT molecular complexity index is 1850. The zero-order chi connectivity index (χ0) is 39.0. The maximum absolute atomic E-state index is 14.8. The molecule has 7 N–H and O–H groups in total. The van der Waals surface area contributed by atoms with E-state index in [1.807, 2.05) is 0 Å². The molecule has 0 bridgehead atoms. The Hall–Kier alpha value is -5.52. The average Bonchev–Trinajstić information content (AvgIpc) is 3.82. The standard InChI is InChI=1S/C36H48N10O8/c1-36(2,54)28-19-41-44-46(28)22-18-27(33(50)42-25(29(47)30(37)48)12-6-7-14-40-35(52)53)45(20-22)34(51)26(17-21-9-4-3-5-10-21)43-32(49)24-13-16-39-31-23(24)11-8-15-38-31/h8,11,13,15-16,19,21-22,25-27,40,54H,3-7,9-10,12,14,17-18,20H2,1-2H3,(H2,37,48)(H,42,50)(H,43,49)(H,52,53)/t22-,25?,26+,27-/m0/s1. The molecule has 1 aliphatic heterocycles. The lowest BCUT2D eigenvalue weighted by molar-refractivity contribution is -0.142. The number of carboxylic acid groups (broad SMARTS) is 1. The average molecular weight is 749 g/mol. The van der Waals surface area contributed by atoms with Crippen molar-refractivity contribution in [3.05, 3.63) is 48.0 Å². The second kappa shape index (κ2) is 17.5. The van der Waals surface area contributed by atoms with E-state index in [0.717, 1.165) is 32.1 Å². The summed E-state index contributed by atoms with van der Waals surface area (Å²) >= 11 is 0. The summed E-state index contributed by atoms with van der Waals surface area (Å²) in [6, 6.07) is 0.772. The van der Waals surface area contributed by atoms with Crippen LogP contribution >= 0.6 is 0 Å². The quantitative estimate of drug-likeness (QED) is 0.0896. The number of pyridine rings is 2. The SMILES string of the molecule is CC(C)(O)c1cnnn1[C@H]1C[C@@H](C(=O)NC(CCCCNC(=O)O)C(=O)C(N)=O)N(C(=O)[C@@H](CC2CCCCC2)NC(=O)c2ccnc3ncccc23)C1. The zero-order valence-corrected chi connectivity index (χ0v) is 30.4. The van der Waals surface area contributed by atoms with E-state index in [4.69, 9.17) is 10.8 Å². The number of nitrogens with zero attached hydrogens (tertiary/aromatic N) is 6. The molecule has 0 spiro atoms. The van der Waals surface area contributed by atoms with Crippen molar-refractivity contribution in [1.82, 2.24) is 45.8 Å².